The molecule has 3 aromatic rings. The molecule has 0 aliphatic carbocycles. The van der Waals surface area contributed by atoms with E-state index in [1.165, 1.54) is 0 Å². The lowest BCUT2D eigenvalue weighted by Gasteiger charge is -2.01. The van der Waals surface area contributed by atoms with Gasteiger partial charge in [0.25, 0.3) is 0 Å². The summed E-state index contributed by atoms with van der Waals surface area (Å²) in [5, 5.41) is 6.60. The van der Waals surface area contributed by atoms with Crippen LogP contribution in [0.4, 0.5) is 5.82 Å². The summed E-state index contributed by atoms with van der Waals surface area (Å²) in [5.41, 5.74) is 8.74. The van der Waals surface area contributed by atoms with E-state index in [0.717, 1.165) is 27.5 Å². The molecule has 0 bridgehead atoms. The van der Waals surface area contributed by atoms with Gasteiger partial charge in [-0.15, -0.1) is 12.4 Å². The average Bonchev–Trinajstić information content (AvgIpc) is 2.57. The highest BCUT2D eigenvalue weighted by molar-refractivity contribution is 6.09. The molecule has 0 saturated carbocycles. The molecule has 0 spiro atoms. The molecule has 17 heavy (non-hydrogen) atoms. The van der Waals surface area contributed by atoms with Crippen molar-refractivity contribution in [1.29, 1.82) is 0 Å². The second kappa shape index (κ2) is 3.89. The Morgan fingerprint density at radius 1 is 1.24 bits per heavy atom. The van der Waals surface area contributed by atoms with Crippen molar-refractivity contribution in [3.8, 4) is 0 Å². The number of aromatic nitrogens is 3. The van der Waals surface area contributed by atoms with Gasteiger partial charge in [-0.25, -0.2) is 4.98 Å². The van der Waals surface area contributed by atoms with Crippen molar-refractivity contribution in [3.63, 3.8) is 0 Å². The highest BCUT2D eigenvalue weighted by Crippen LogP contribution is 2.29. The van der Waals surface area contributed by atoms with E-state index in [9.17, 15) is 0 Å². The summed E-state index contributed by atoms with van der Waals surface area (Å²) in [5.74, 6) is 0.498. The number of hydrogen-bond acceptors (Lipinski definition) is 3. The van der Waals surface area contributed by atoms with Crippen LogP contribution >= 0.6 is 12.4 Å². The van der Waals surface area contributed by atoms with Crippen LogP contribution < -0.4 is 5.73 Å². The molecule has 0 unspecified atom stereocenters. The Kier molecular flexibility index (Phi) is 2.67. The maximum Gasteiger partial charge on any atom is 0.152 e. The minimum absolute atomic E-state index is 0. The molecule has 2 heterocycles. The van der Waals surface area contributed by atoms with Crippen LogP contribution in [-0.4, -0.2) is 14.8 Å². The van der Waals surface area contributed by atoms with E-state index in [1.54, 1.807) is 0 Å². The molecular weight excluding hydrogens is 236 g/mol. The number of pyridine rings is 1. The summed E-state index contributed by atoms with van der Waals surface area (Å²) in [4.78, 5) is 4.36. The molecule has 4 nitrogen and oxygen atoms in total. The molecule has 0 aliphatic rings. The van der Waals surface area contributed by atoms with Crippen molar-refractivity contribution in [3.05, 3.63) is 30.0 Å². The average molecular weight is 249 g/mol. The van der Waals surface area contributed by atoms with Crippen molar-refractivity contribution in [1.82, 2.24) is 14.8 Å². The summed E-state index contributed by atoms with van der Waals surface area (Å²) < 4.78 is 1.84. The third-order valence-corrected chi connectivity index (χ3v) is 2.99. The zero-order valence-corrected chi connectivity index (χ0v) is 10.5. The number of benzene rings is 1. The number of nitrogens with two attached hydrogens (primary N) is 1. The number of para-hydroxylation sites is 1. The van der Waals surface area contributed by atoms with Crippen LogP contribution in [0.3, 0.4) is 0 Å². The first-order chi connectivity index (χ1) is 7.68. The Bertz CT molecular complexity index is 702. The van der Waals surface area contributed by atoms with Crippen molar-refractivity contribution < 1.29 is 0 Å². The van der Waals surface area contributed by atoms with Gasteiger partial charge in [-0.1, -0.05) is 18.2 Å². The molecule has 88 valence electrons. The monoisotopic (exact) mass is 248 g/mol. The number of nitrogens with zero attached hydrogens (tertiary/aromatic N) is 3. The first-order valence-corrected chi connectivity index (χ1v) is 5.16. The minimum atomic E-state index is 0. The summed E-state index contributed by atoms with van der Waals surface area (Å²) in [6, 6.07) is 7.99. The van der Waals surface area contributed by atoms with Gasteiger partial charge in [-0.2, -0.15) is 5.10 Å². The summed E-state index contributed by atoms with van der Waals surface area (Å²) in [7, 11) is 1.92. The first-order valence-electron chi connectivity index (χ1n) is 5.16. The number of hydrogen-bond donors (Lipinski definition) is 1. The second-order valence-electron chi connectivity index (χ2n) is 3.95. The maximum absolute atomic E-state index is 5.92. The van der Waals surface area contributed by atoms with Gasteiger partial charge in [-0.05, 0) is 13.0 Å². The third kappa shape index (κ3) is 1.52. The molecule has 3 rings (SSSR count). The van der Waals surface area contributed by atoms with Crippen molar-refractivity contribution in [2.24, 2.45) is 7.05 Å². The number of anilines is 1. The van der Waals surface area contributed by atoms with Crippen LogP contribution in [0.15, 0.2) is 24.3 Å². The molecule has 1 aromatic carbocycles. The van der Waals surface area contributed by atoms with Gasteiger partial charge < -0.3 is 5.73 Å². The fourth-order valence-electron chi connectivity index (χ4n) is 2.08. The summed E-state index contributed by atoms with van der Waals surface area (Å²) >= 11 is 0. The highest BCUT2D eigenvalue weighted by Gasteiger charge is 2.12. The first kappa shape index (κ1) is 11.7. The lowest BCUT2D eigenvalue weighted by atomic mass is 10.1. The van der Waals surface area contributed by atoms with Gasteiger partial charge in [0.15, 0.2) is 5.82 Å². The van der Waals surface area contributed by atoms with Crippen molar-refractivity contribution in [2.45, 2.75) is 6.92 Å². The van der Waals surface area contributed by atoms with Crippen LogP contribution in [-0.2, 0) is 7.05 Å². The van der Waals surface area contributed by atoms with Crippen molar-refractivity contribution >= 4 is 40.0 Å². The van der Waals surface area contributed by atoms with E-state index in [0.29, 0.717) is 5.82 Å². The van der Waals surface area contributed by atoms with E-state index in [2.05, 4.69) is 16.1 Å². The smallest absolute Gasteiger partial charge is 0.152 e. The SMILES string of the molecule is Cc1c2c(nn1C)c(N)nc1ccccc12.Cl. The Hall–Kier alpha value is -1.81. The van der Waals surface area contributed by atoms with Crippen LogP contribution in [0.25, 0.3) is 21.8 Å². The van der Waals surface area contributed by atoms with Crippen LogP contribution in [0, 0.1) is 6.92 Å². The topological polar surface area (TPSA) is 56.7 Å². The minimum Gasteiger partial charge on any atom is -0.382 e. The molecular formula is C12H13ClN4. The van der Waals surface area contributed by atoms with Gasteiger partial charge in [0.1, 0.15) is 5.52 Å². The molecule has 0 radical (unpaired) electrons. The van der Waals surface area contributed by atoms with E-state index >= 15 is 0 Å². The van der Waals surface area contributed by atoms with Crippen LogP contribution in [0.5, 0.6) is 0 Å². The van der Waals surface area contributed by atoms with E-state index in [1.807, 2.05) is 36.9 Å². The predicted octanol–water partition coefficient (Wildman–Crippen LogP) is 2.43. The van der Waals surface area contributed by atoms with Gasteiger partial charge >= 0.3 is 0 Å². The molecule has 2 aromatic heterocycles. The number of fused-ring (bicyclic) bond motifs is 3. The zero-order valence-electron chi connectivity index (χ0n) is 9.64. The van der Waals surface area contributed by atoms with Gasteiger partial charge in [0.2, 0.25) is 0 Å². The quantitative estimate of drug-likeness (QED) is 0.665. The number of rotatable bonds is 0. The second-order valence-corrected chi connectivity index (χ2v) is 3.95. The zero-order chi connectivity index (χ0) is 11.3. The Morgan fingerprint density at radius 3 is 2.71 bits per heavy atom. The normalized spacial score (nSPS) is 10.7. The number of halogens is 1. The third-order valence-electron chi connectivity index (χ3n) is 2.99. The largest absolute Gasteiger partial charge is 0.382 e. The molecule has 0 atom stereocenters. The fourth-order valence-corrected chi connectivity index (χ4v) is 2.08. The van der Waals surface area contributed by atoms with Crippen LogP contribution in [0.1, 0.15) is 5.69 Å². The molecule has 5 heteroatoms. The predicted molar refractivity (Wildman–Crippen MR) is 72.4 cm³/mol. The van der Waals surface area contributed by atoms with Crippen LogP contribution in [0.2, 0.25) is 0 Å². The van der Waals surface area contributed by atoms with E-state index in [-0.39, 0.29) is 12.4 Å². The lowest BCUT2D eigenvalue weighted by Crippen LogP contribution is -1.93. The molecule has 0 saturated heterocycles. The molecule has 2 N–H and O–H groups in total. The summed E-state index contributed by atoms with van der Waals surface area (Å²) in [6.07, 6.45) is 0. The van der Waals surface area contributed by atoms with E-state index < -0.39 is 0 Å². The highest BCUT2D eigenvalue weighted by atomic mass is 35.5. The number of nitrogen functional groups attached to an aromatic ring is 1. The lowest BCUT2D eigenvalue weighted by molar-refractivity contribution is 0.751. The summed E-state index contributed by atoms with van der Waals surface area (Å²) in [6.45, 7) is 2.04. The molecule has 0 aliphatic heterocycles. The molecule has 0 amide bonds. The standard InChI is InChI=1S/C12H12N4.ClH/c1-7-10-8-5-3-4-6-9(8)14-12(13)11(10)15-16(7)2;/h3-6H,1-2H3,(H2,13,14);1H. The van der Waals surface area contributed by atoms with Crippen molar-refractivity contribution in [2.75, 3.05) is 5.73 Å². The van der Waals surface area contributed by atoms with Gasteiger partial charge in [0.05, 0.1) is 5.52 Å². The number of aryl methyl sites for hydroxylation is 2. The van der Waals surface area contributed by atoms with Gasteiger partial charge in [-0.3, -0.25) is 4.68 Å². The Morgan fingerprint density at radius 2 is 1.94 bits per heavy atom. The maximum atomic E-state index is 5.92. The fraction of sp³-hybridized carbons (Fsp3) is 0.167. The van der Waals surface area contributed by atoms with Gasteiger partial charge in [0, 0.05) is 23.5 Å². The molecule has 0 fully saturated rings. The Labute approximate surface area is 105 Å². The van der Waals surface area contributed by atoms with E-state index in [4.69, 9.17) is 5.73 Å². The Balaban J connectivity index is 0.00000108.